The van der Waals surface area contributed by atoms with Gasteiger partial charge in [0, 0.05) is 19.6 Å². The summed E-state index contributed by atoms with van der Waals surface area (Å²) in [6.45, 7) is 4.91. The van der Waals surface area contributed by atoms with Crippen molar-refractivity contribution in [3.63, 3.8) is 0 Å². The molecule has 0 radical (unpaired) electrons. The van der Waals surface area contributed by atoms with Crippen molar-refractivity contribution in [3.8, 4) is 11.1 Å². The summed E-state index contributed by atoms with van der Waals surface area (Å²) in [5.74, 6) is -0.244. The van der Waals surface area contributed by atoms with Crippen LogP contribution in [0.2, 0.25) is 0 Å². The summed E-state index contributed by atoms with van der Waals surface area (Å²) in [4.78, 5) is 14.4. The van der Waals surface area contributed by atoms with Crippen molar-refractivity contribution in [2.24, 2.45) is 0 Å². The van der Waals surface area contributed by atoms with Crippen molar-refractivity contribution in [3.05, 3.63) is 95.8 Å². The van der Waals surface area contributed by atoms with Gasteiger partial charge in [-0.25, -0.2) is 9.18 Å². The highest BCUT2D eigenvalue weighted by molar-refractivity contribution is 5.70. The molecule has 1 heterocycles. The third-order valence-electron chi connectivity index (χ3n) is 5.54. The summed E-state index contributed by atoms with van der Waals surface area (Å²) >= 11 is 0. The van der Waals surface area contributed by atoms with Gasteiger partial charge in [0.25, 0.3) is 0 Å². The van der Waals surface area contributed by atoms with Gasteiger partial charge in [0.15, 0.2) is 0 Å². The fraction of sp³-hybridized carbons (Fsp3) is 0.296. The minimum absolute atomic E-state index is 0.0773. The standard InChI is InChI=1S/C24H22FNO2.C3H8O/c1-17(18-7-9-19(10-8-18)20-11-13-22(25)14-12-20)26-16-15-23(28-24(26)27)21-5-3-2-4-6-21;1-2-3-4/h2-14,17,23H,15-16H2,1H3;4H,2-3H2,1H3. The van der Waals surface area contributed by atoms with E-state index in [0.29, 0.717) is 13.2 Å². The Morgan fingerprint density at radius 1 is 1.00 bits per heavy atom. The molecule has 5 heteroatoms. The van der Waals surface area contributed by atoms with E-state index in [-0.39, 0.29) is 24.1 Å². The molecule has 2 unspecified atom stereocenters. The number of carbonyl (C=O) groups excluding carboxylic acids is 1. The zero-order chi connectivity index (χ0) is 22.9. The van der Waals surface area contributed by atoms with E-state index in [1.807, 2.05) is 68.4 Å². The largest absolute Gasteiger partial charge is 0.441 e. The van der Waals surface area contributed by atoms with Crippen molar-refractivity contribution >= 4 is 6.09 Å². The van der Waals surface area contributed by atoms with Gasteiger partial charge in [-0.05, 0) is 47.7 Å². The van der Waals surface area contributed by atoms with E-state index in [2.05, 4.69) is 0 Å². The Hall–Kier alpha value is -3.18. The molecule has 168 valence electrons. The highest BCUT2D eigenvalue weighted by atomic mass is 19.1. The zero-order valence-electron chi connectivity index (χ0n) is 18.6. The number of ether oxygens (including phenoxy) is 1. The monoisotopic (exact) mass is 435 g/mol. The smallest absolute Gasteiger partial charge is 0.410 e. The number of carbonyl (C=O) groups is 1. The quantitative estimate of drug-likeness (QED) is 0.496. The molecular weight excluding hydrogens is 405 g/mol. The molecule has 0 aromatic heterocycles. The molecule has 2 atom stereocenters. The minimum Gasteiger partial charge on any atom is -0.441 e. The first-order valence-corrected chi connectivity index (χ1v) is 11.0. The molecule has 1 aliphatic heterocycles. The molecule has 1 N–H and O–H groups in total. The molecule has 1 saturated heterocycles. The average molecular weight is 436 g/mol. The van der Waals surface area contributed by atoms with Crippen LogP contribution in [-0.4, -0.2) is 29.3 Å². The molecule has 0 spiro atoms. The Labute approximate surface area is 189 Å². The Morgan fingerprint density at radius 3 is 2.09 bits per heavy atom. The van der Waals surface area contributed by atoms with Gasteiger partial charge in [-0.2, -0.15) is 0 Å². The van der Waals surface area contributed by atoms with Crippen LogP contribution in [0.15, 0.2) is 78.9 Å². The molecule has 3 aromatic carbocycles. The Balaban J connectivity index is 0.000000668. The zero-order valence-corrected chi connectivity index (χ0v) is 18.6. The van der Waals surface area contributed by atoms with Crippen LogP contribution in [0.4, 0.5) is 9.18 Å². The van der Waals surface area contributed by atoms with Crippen LogP contribution in [-0.2, 0) is 4.74 Å². The molecule has 4 rings (SSSR count). The lowest BCUT2D eigenvalue weighted by molar-refractivity contribution is 0.0123. The molecule has 0 saturated carbocycles. The summed E-state index contributed by atoms with van der Waals surface area (Å²) < 4.78 is 18.8. The van der Waals surface area contributed by atoms with Crippen LogP contribution < -0.4 is 0 Å². The van der Waals surface area contributed by atoms with Crippen LogP contribution in [0, 0.1) is 5.82 Å². The van der Waals surface area contributed by atoms with Gasteiger partial charge >= 0.3 is 6.09 Å². The van der Waals surface area contributed by atoms with Gasteiger partial charge in [-0.3, -0.25) is 0 Å². The van der Waals surface area contributed by atoms with Crippen LogP contribution >= 0.6 is 0 Å². The number of halogens is 1. The van der Waals surface area contributed by atoms with Crippen molar-refractivity contribution in [2.75, 3.05) is 13.2 Å². The highest BCUT2D eigenvalue weighted by Crippen LogP contribution is 2.32. The topological polar surface area (TPSA) is 49.8 Å². The number of rotatable bonds is 5. The van der Waals surface area contributed by atoms with Gasteiger partial charge in [0.2, 0.25) is 0 Å². The van der Waals surface area contributed by atoms with Crippen LogP contribution in [0.5, 0.6) is 0 Å². The number of aliphatic hydroxyl groups is 1. The molecule has 1 fully saturated rings. The number of benzene rings is 3. The lowest BCUT2D eigenvalue weighted by Crippen LogP contribution is -2.40. The third-order valence-corrected chi connectivity index (χ3v) is 5.54. The third kappa shape index (κ3) is 5.95. The van der Waals surface area contributed by atoms with E-state index in [1.165, 1.54) is 12.1 Å². The normalized spacial score (nSPS) is 16.6. The molecule has 4 nitrogen and oxygen atoms in total. The molecule has 1 amide bonds. The summed E-state index contributed by atoms with van der Waals surface area (Å²) in [6.07, 6.45) is 1.18. The van der Waals surface area contributed by atoms with Gasteiger partial charge < -0.3 is 14.7 Å². The van der Waals surface area contributed by atoms with Crippen molar-refractivity contribution in [2.45, 2.75) is 38.8 Å². The molecule has 32 heavy (non-hydrogen) atoms. The second kappa shape index (κ2) is 11.4. The fourth-order valence-electron chi connectivity index (χ4n) is 3.63. The van der Waals surface area contributed by atoms with E-state index >= 15 is 0 Å². The van der Waals surface area contributed by atoms with Gasteiger partial charge in [-0.1, -0.05) is 73.7 Å². The maximum Gasteiger partial charge on any atom is 0.410 e. The van der Waals surface area contributed by atoms with E-state index < -0.39 is 0 Å². The van der Waals surface area contributed by atoms with Crippen LogP contribution in [0.3, 0.4) is 0 Å². The summed E-state index contributed by atoms with van der Waals surface area (Å²) in [5, 5.41) is 7.88. The predicted molar refractivity (Wildman–Crippen MR) is 125 cm³/mol. The fourth-order valence-corrected chi connectivity index (χ4v) is 3.63. The molecule has 0 bridgehead atoms. The number of cyclic esters (lactones) is 1. The van der Waals surface area contributed by atoms with Crippen LogP contribution in [0.25, 0.3) is 11.1 Å². The lowest BCUT2D eigenvalue weighted by Gasteiger charge is -2.36. The number of hydrogen-bond acceptors (Lipinski definition) is 3. The predicted octanol–water partition coefficient (Wildman–Crippen LogP) is 6.53. The van der Waals surface area contributed by atoms with Crippen molar-refractivity contribution in [1.82, 2.24) is 4.90 Å². The maximum atomic E-state index is 13.1. The van der Waals surface area contributed by atoms with E-state index in [4.69, 9.17) is 9.84 Å². The number of hydrogen-bond donors (Lipinski definition) is 1. The van der Waals surface area contributed by atoms with Gasteiger partial charge in [0.05, 0.1) is 6.04 Å². The van der Waals surface area contributed by atoms with Crippen molar-refractivity contribution < 1.29 is 19.0 Å². The van der Waals surface area contributed by atoms with Gasteiger partial charge in [0.1, 0.15) is 11.9 Å². The SMILES string of the molecule is CC(c1ccc(-c2ccc(F)cc2)cc1)N1CCC(c2ccccc2)OC1=O.CCCO. The summed E-state index contributed by atoms with van der Waals surface area (Å²) in [5.41, 5.74) is 4.05. The molecule has 1 aliphatic rings. The molecule has 3 aromatic rings. The molecular formula is C27H30FNO3. The number of amides is 1. The maximum absolute atomic E-state index is 13.1. The first-order chi connectivity index (χ1) is 15.5. The Bertz CT molecular complexity index is 972. The van der Waals surface area contributed by atoms with E-state index in [0.717, 1.165) is 35.1 Å². The number of nitrogens with zero attached hydrogens (tertiary/aromatic N) is 1. The van der Waals surface area contributed by atoms with E-state index in [1.54, 1.807) is 17.0 Å². The first-order valence-electron chi connectivity index (χ1n) is 11.0. The second-order valence-electron chi connectivity index (χ2n) is 7.79. The second-order valence-corrected chi connectivity index (χ2v) is 7.79. The van der Waals surface area contributed by atoms with Gasteiger partial charge in [-0.15, -0.1) is 0 Å². The first kappa shape index (κ1) is 23.5. The van der Waals surface area contributed by atoms with Crippen LogP contribution in [0.1, 0.15) is 50.0 Å². The highest BCUT2D eigenvalue weighted by Gasteiger charge is 2.31. The number of aliphatic hydroxyl groups excluding tert-OH is 1. The summed E-state index contributed by atoms with van der Waals surface area (Å²) in [7, 11) is 0. The Morgan fingerprint density at radius 2 is 1.56 bits per heavy atom. The molecule has 0 aliphatic carbocycles. The lowest BCUT2D eigenvalue weighted by atomic mass is 9.99. The summed E-state index contributed by atoms with van der Waals surface area (Å²) in [6, 6.07) is 24.3. The minimum atomic E-state index is -0.282. The van der Waals surface area contributed by atoms with Crippen molar-refractivity contribution in [1.29, 1.82) is 0 Å². The average Bonchev–Trinajstić information content (AvgIpc) is 2.85. The van der Waals surface area contributed by atoms with E-state index in [9.17, 15) is 9.18 Å². The Kier molecular flexibility index (Phi) is 8.40.